The summed E-state index contributed by atoms with van der Waals surface area (Å²) in [5, 5.41) is 12.4. The van der Waals surface area contributed by atoms with Crippen LogP contribution in [0.1, 0.15) is 25.0 Å². The van der Waals surface area contributed by atoms with Crippen LogP contribution in [0.25, 0.3) is 132 Å². The molecule has 2 heterocycles. The number of benzene rings is 12. The molecule has 0 unspecified atom stereocenters. The average molecular weight is 903 g/mol. The van der Waals surface area contributed by atoms with Gasteiger partial charge < -0.3 is 9.13 Å². The summed E-state index contributed by atoms with van der Waals surface area (Å²) in [5.74, 6) is 0. The second-order valence-corrected chi connectivity index (χ2v) is 20.0. The molecule has 1 aliphatic carbocycles. The first kappa shape index (κ1) is 40.0. The van der Waals surface area contributed by atoms with Gasteiger partial charge in [-0.1, -0.05) is 190 Å². The third-order valence-corrected chi connectivity index (χ3v) is 15.9. The molecular weight excluding hydrogens is 857 g/mol. The van der Waals surface area contributed by atoms with Gasteiger partial charge in [-0.25, -0.2) is 0 Å². The molecule has 12 aromatic carbocycles. The summed E-state index contributed by atoms with van der Waals surface area (Å²) in [6.07, 6.45) is 0. The van der Waals surface area contributed by atoms with E-state index >= 15 is 0 Å². The Hall–Kier alpha value is -8.98. The predicted octanol–water partition coefficient (Wildman–Crippen LogP) is 18.6. The van der Waals surface area contributed by atoms with Crippen LogP contribution in [0.5, 0.6) is 0 Å². The Morgan fingerprint density at radius 1 is 0.268 bits per heavy atom. The molecule has 0 N–H and O–H groups in total. The topological polar surface area (TPSA) is 9.86 Å². The van der Waals surface area contributed by atoms with Crippen molar-refractivity contribution in [1.82, 2.24) is 9.13 Å². The molecule has 2 nitrogen and oxygen atoms in total. The van der Waals surface area contributed by atoms with Crippen LogP contribution in [-0.2, 0) is 5.41 Å². The van der Waals surface area contributed by atoms with Crippen LogP contribution in [0.15, 0.2) is 243 Å². The van der Waals surface area contributed by atoms with Gasteiger partial charge in [-0.15, -0.1) is 0 Å². The first-order chi connectivity index (χ1) is 35.0. The van der Waals surface area contributed by atoms with Crippen LogP contribution in [-0.4, -0.2) is 9.13 Å². The Morgan fingerprint density at radius 3 is 1.24 bits per heavy atom. The molecule has 0 radical (unpaired) electrons. The Balaban J connectivity index is 1.07. The van der Waals surface area contributed by atoms with E-state index in [0.717, 1.165) is 11.4 Å². The predicted molar refractivity (Wildman–Crippen MR) is 302 cm³/mol. The highest BCUT2D eigenvalue weighted by Gasteiger charge is 2.35. The zero-order valence-electron chi connectivity index (χ0n) is 39.5. The fourth-order valence-corrected chi connectivity index (χ4v) is 12.6. The van der Waals surface area contributed by atoms with Gasteiger partial charge in [0.25, 0.3) is 0 Å². The second-order valence-electron chi connectivity index (χ2n) is 20.0. The lowest BCUT2D eigenvalue weighted by Crippen LogP contribution is -2.14. The SMILES string of the molecule is CC1(C)c2ccccc2-c2ccc(-c3c4ccc(-n5c6ccccc6c6ccccc65)cc4c(-c4ccc5cc(-c6ccccc6)ccc5c4)c4ccc(-n5c6ccccc6c6ccccc65)cc34)cc21. The smallest absolute Gasteiger partial charge is 0.0541 e. The van der Waals surface area contributed by atoms with E-state index in [0.29, 0.717) is 0 Å². The fourth-order valence-electron chi connectivity index (χ4n) is 12.6. The molecule has 332 valence electrons. The molecule has 2 heteroatoms. The molecule has 0 saturated heterocycles. The van der Waals surface area contributed by atoms with Crippen LogP contribution in [0, 0.1) is 0 Å². The monoisotopic (exact) mass is 902 g/mol. The Morgan fingerprint density at radius 2 is 0.690 bits per heavy atom. The molecule has 0 bridgehead atoms. The Bertz CT molecular complexity index is 4440. The van der Waals surface area contributed by atoms with E-state index in [1.54, 1.807) is 0 Å². The lowest BCUT2D eigenvalue weighted by molar-refractivity contribution is 0.660. The normalized spacial score (nSPS) is 13.0. The summed E-state index contributed by atoms with van der Waals surface area (Å²) in [5.41, 5.74) is 19.7. The minimum Gasteiger partial charge on any atom is -0.309 e. The molecule has 2 aromatic heterocycles. The third-order valence-electron chi connectivity index (χ3n) is 15.9. The van der Waals surface area contributed by atoms with Gasteiger partial charge in [-0.2, -0.15) is 0 Å². The highest BCUT2D eigenvalue weighted by atomic mass is 15.0. The van der Waals surface area contributed by atoms with Gasteiger partial charge in [-0.05, 0) is 155 Å². The maximum atomic E-state index is 2.51. The highest BCUT2D eigenvalue weighted by Crippen LogP contribution is 2.52. The fraction of sp³-hybridized carbons (Fsp3) is 0.0435. The first-order valence-electron chi connectivity index (χ1n) is 24.8. The number of nitrogens with zero attached hydrogens (tertiary/aromatic N) is 2. The lowest BCUT2D eigenvalue weighted by atomic mass is 9.80. The number of para-hydroxylation sites is 4. The van der Waals surface area contributed by atoms with Gasteiger partial charge >= 0.3 is 0 Å². The van der Waals surface area contributed by atoms with Gasteiger partial charge in [0.15, 0.2) is 0 Å². The minimum atomic E-state index is -0.156. The van der Waals surface area contributed by atoms with E-state index in [1.807, 2.05) is 0 Å². The second kappa shape index (κ2) is 15.0. The number of hydrogen-bond acceptors (Lipinski definition) is 0. The Kier molecular flexibility index (Phi) is 8.45. The largest absolute Gasteiger partial charge is 0.309 e. The molecule has 0 fully saturated rings. The lowest BCUT2D eigenvalue weighted by Gasteiger charge is -2.23. The van der Waals surface area contributed by atoms with E-state index in [-0.39, 0.29) is 5.41 Å². The molecule has 0 aliphatic heterocycles. The van der Waals surface area contributed by atoms with Crippen LogP contribution in [0.2, 0.25) is 0 Å². The first-order valence-corrected chi connectivity index (χ1v) is 24.8. The van der Waals surface area contributed by atoms with Gasteiger partial charge in [-0.3, -0.25) is 0 Å². The molecule has 0 atom stereocenters. The summed E-state index contributed by atoms with van der Waals surface area (Å²) < 4.78 is 4.93. The third kappa shape index (κ3) is 5.83. The molecule has 15 rings (SSSR count). The van der Waals surface area contributed by atoms with Gasteiger partial charge in [0.1, 0.15) is 0 Å². The standard InChI is InChI=1S/C69H46N2/c1-69(2)61-23-11-6-18-51(61)52-35-32-48(40-62(52)69)68-58-37-34-49(70-63-24-12-7-19-53(63)54-20-8-13-25-64(54)70)41-59(58)67(47-31-30-45-38-44(28-29-46(45)39-47)43-16-4-3-5-17-43)57-36-33-50(42-60(57)68)71-65-26-14-9-21-55(65)56-22-10-15-27-66(56)71/h3-42H,1-2H3. The van der Waals surface area contributed by atoms with Crippen LogP contribution in [0.3, 0.4) is 0 Å². The van der Waals surface area contributed by atoms with Crippen molar-refractivity contribution in [3.05, 3.63) is 254 Å². The average Bonchev–Trinajstić information content (AvgIpc) is 4.03. The van der Waals surface area contributed by atoms with Crippen molar-refractivity contribution in [3.8, 4) is 55.9 Å². The summed E-state index contributed by atoms with van der Waals surface area (Å²) in [6.45, 7) is 4.78. The van der Waals surface area contributed by atoms with Gasteiger partial charge in [0.05, 0.1) is 22.1 Å². The summed E-state index contributed by atoms with van der Waals surface area (Å²) in [4.78, 5) is 0. The highest BCUT2D eigenvalue weighted by molar-refractivity contribution is 6.23. The van der Waals surface area contributed by atoms with E-state index in [4.69, 9.17) is 0 Å². The van der Waals surface area contributed by atoms with Crippen LogP contribution in [0.4, 0.5) is 0 Å². The quantitative estimate of drug-likeness (QED) is 0.152. The zero-order valence-corrected chi connectivity index (χ0v) is 39.5. The maximum absolute atomic E-state index is 2.51. The molecule has 71 heavy (non-hydrogen) atoms. The van der Waals surface area contributed by atoms with Gasteiger partial charge in [0, 0.05) is 38.3 Å². The van der Waals surface area contributed by atoms with Crippen molar-refractivity contribution in [1.29, 1.82) is 0 Å². The van der Waals surface area contributed by atoms with Crippen LogP contribution < -0.4 is 0 Å². The number of aromatic nitrogens is 2. The van der Waals surface area contributed by atoms with Gasteiger partial charge in [0.2, 0.25) is 0 Å². The molecule has 1 aliphatic rings. The van der Waals surface area contributed by atoms with Crippen molar-refractivity contribution in [2.45, 2.75) is 19.3 Å². The zero-order chi connectivity index (χ0) is 47.0. The summed E-state index contributed by atoms with van der Waals surface area (Å²) >= 11 is 0. The minimum absolute atomic E-state index is 0.156. The number of rotatable bonds is 5. The number of hydrogen-bond donors (Lipinski definition) is 0. The molecule has 0 spiro atoms. The maximum Gasteiger partial charge on any atom is 0.0541 e. The van der Waals surface area contributed by atoms with Crippen molar-refractivity contribution < 1.29 is 0 Å². The van der Waals surface area contributed by atoms with Crippen molar-refractivity contribution in [2.75, 3.05) is 0 Å². The van der Waals surface area contributed by atoms with Crippen molar-refractivity contribution in [3.63, 3.8) is 0 Å². The summed E-state index contributed by atoms with van der Waals surface area (Å²) in [7, 11) is 0. The van der Waals surface area contributed by atoms with E-state index in [1.165, 1.54) is 132 Å². The molecular formula is C69H46N2. The molecule has 0 saturated carbocycles. The molecule has 14 aromatic rings. The van der Waals surface area contributed by atoms with E-state index in [2.05, 4.69) is 266 Å². The van der Waals surface area contributed by atoms with E-state index in [9.17, 15) is 0 Å². The van der Waals surface area contributed by atoms with Crippen molar-refractivity contribution >= 4 is 75.9 Å². The Labute approximate surface area is 411 Å². The molecule has 0 amide bonds. The van der Waals surface area contributed by atoms with Crippen molar-refractivity contribution in [2.24, 2.45) is 0 Å². The summed E-state index contributed by atoms with van der Waals surface area (Å²) in [6, 6.07) is 90.8. The number of fused-ring (bicyclic) bond motifs is 12. The van der Waals surface area contributed by atoms with E-state index < -0.39 is 0 Å². The van der Waals surface area contributed by atoms with Crippen LogP contribution >= 0.6 is 0 Å².